The standard InChI is InChI=1S/C16H15ClN2O2/c1-2-19-11-14(7-9-16(19)21)18-15(20)8-6-12-4-3-5-13(17)10-12/h3-11H,2H2,1H3,(H,18,20)/b8-6+. The van der Waals surface area contributed by atoms with E-state index in [9.17, 15) is 9.59 Å². The van der Waals surface area contributed by atoms with Crippen LogP contribution in [0.3, 0.4) is 0 Å². The molecule has 0 fully saturated rings. The predicted molar refractivity (Wildman–Crippen MR) is 85.5 cm³/mol. The lowest BCUT2D eigenvalue weighted by molar-refractivity contribution is -0.111. The molecule has 0 saturated heterocycles. The summed E-state index contributed by atoms with van der Waals surface area (Å²) < 4.78 is 1.52. The van der Waals surface area contributed by atoms with Gasteiger partial charge < -0.3 is 9.88 Å². The maximum absolute atomic E-state index is 11.8. The number of aromatic nitrogens is 1. The molecule has 0 aliphatic rings. The summed E-state index contributed by atoms with van der Waals surface area (Å²) in [6.07, 6.45) is 4.72. The van der Waals surface area contributed by atoms with Crippen molar-refractivity contribution in [3.63, 3.8) is 0 Å². The maximum Gasteiger partial charge on any atom is 0.250 e. The highest BCUT2D eigenvalue weighted by atomic mass is 35.5. The van der Waals surface area contributed by atoms with Crippen LogP contribution in [0.25, 0.3) is 6.08 Å². The lowest BCUT2D eigenvalue weighted by atomic mass is 10.2. The molecular formula is C16H15ClN2O2. The number of aryl methyl sites for hydroxylation is 1. The molecule has 21 heavy (non-hydrogen) atoms. The summed E-state index contributed by atoms with van der Waals surface area (Å²) >= 11 is 5.87. The number of nitrogens with zero attached hydrogens (tertiary/aromatic N) is 1. The van der Waals surface area contributed by atoms with Gasteiger partial charge in [-0.3, -0.25) is 9.59 Å². The van der Waals surface area contributed by atoms with Crippen molar-refractivity contribution in [1.82, 2.24) is 4.57 Å². The fourth-order valence-corrected chi connectivity index (χ4v) is 2.02. The van der Waals surface area contributed by atoms with Gasteiger partial charge in [0.05, 0.1) is 5.69 Å². The van der Waals surface area contributed by atoms with Crippen LogP contribution in [0.1, 0.15) is 12.5 Å². The Bertz CT molecular complexity index is 735. The smallest absolute Gasteiger partial charge is 0.250 e. The van der Waals surface area contributed by atoms with Crippen LogP contribution in [0.15, 0.2) is 53.5 Å². The van der Waals surface area contributed by atoms with Gasteiger partial charge in [0, 0.05) is 29.9 Å². The van der Waals surface area contributed by atoms with Crippen LogP contribution in [-0.2, 0) is 11.3 Å². The van der Waals surface area contributed by atoms with E-state index in [1.807, 2.05) is 19.1 Å². The number of amides is 1. The largest absolute Gasteiger partial charge is 0.321 e. The Morgan fingerprint density at radius 2 is 2.14 bits per heavy atom. The molecule has 0 aliphatic heterocycles. The van der Waals surface area contributed by atoms with Gasteiger partial charge in [0.2, 0.25) is 5.91 Å². The summed E-state index contributed by atoms with van der Waals surface area (Å²) in [5.41, 5.74) is 1.33. The first-order valence-corrected chi connectivity index (χ1v) is 6.91. The first-order valence-electron chi connectivity index (χ1n) is 6.53. The van der Waals surface area contributed by atoms with Crippen molar-refractivity contribution in [2.45, 2.75) is 13.5 Å². The molecule has 2 aromatic rings. The maximum atomic E-state index is 11.8. The van der Waals surface area contributed by atoms with E-state index in [1.165, 1.54) is 16.7 Å². The number of rotatable bonds is 4. The summed E-state index contributed by atoms with van der Waals surface area (Å²) in [5.74, 6) is -0.267. The van der Waals surface area contributed by atoms with E-state index in [2.05, 4.69) is 5.32 Å². The third-order valence-electron chi connectivity index (χ3n) is 2.87. The third-order valence-corrected chi connectivity index (χ3v) is 3.10. The second-order valence-electron chi connectivity index (χ2n) is 4.42. The zero-order valence-electron chi connectivity index (χ0n) is 11.5. The SMILES string of the molecule is CCn1cc(NC(=O)/C=C/c2cccc(Cl)c2)ccc1=O. The number of benzene rings is 1. The Morgan fingerprint density at radius 1 is 1.33 bits per heavy atom. The van der Waals surface area contributed by atoms with E-state index in [0.29, 0.717) is 17.3 Å². The minimum absolute atomic E-state index is 0.0926. The minimum atomic E-state index is -0.267. The summed E-state index contributed by atoms with van der Waals surface area (Å²) in [4.78, 5) is 23.3. The molecule has 4 nitrogen and oxygen atoms in total. The highest BCUT2D eigenvalue weighted by molar-refractivity contribution is 6.30. The van der Waals surface area contributed by atoms with Gasteiger partial charge in [0.1, 0.15) is 0 Å². The molecule has 0 radical (unpaired) electrons. The van der Waals surface area contributed by atoms with Crippen molar-refractivity contribution in [1.29, 1.82) is 0 Å². The van der Waals surface area contributed by atoms with Crippen LogP contribution in [0.5, 0.6) is 0 Å². The zero-order chi connectivity index (χ0) is 15.2. The van der Waals surface area contributed by atoms with Gasteiger partial charge in [-0.2, -0.15) is 0 Å². The van der Waals surface area contributed by atoms with Crippen LogP contribution in [0, 0.1) is 0 Å². The molecule has 0 atom stereocenters. The Labute approximate surface area is 127 Å². The highest BCUT2D eigenvalue weighted by Gasteiger charge is 2.00. The molecule has 1 N–H and O–H groups in total. The summed E-state index contributed by atoms with van der Waals surface area (Å²) in [5, 5.41) is 3.33. The Kier molecular flexibility index (Phi) is 4.95. The third kappa shape index (κ3) is 4.33. The number of nitrogens with one attached hydrogen (secondary N) is 1. The Morgan fingerprint density at radius 3 is 2.86 bits per heavy atom. The molecule has 0 spiro atoms. The van der Waals surface area contributed by atoms with Crippen molar-refractivity contribution < 1.29 is 4.79 Å². The first kappa shape index (κ1) is 15.1. The van der Waals surface area contributed by atoms with Gasteiger partial charge in [-0.25, -0.2) is 0 Å². The number of hydrogen-bond acceptors (Lipinski definition) is 2. The second kappa shape index (κ2) is 6.90. The number of pyridine rings is 1. The average molecular weight is 303 g/mol. The average Bonchev–Trinajstić information content (AvgIpc) is 2.47. The van der Waals surface area contributed by atoms with Gasteiger partial charge in [0.15, 0.2) is 0 Å². The molecule has 0 bridgehead atoms. The number of carbonyl (C=O) groups is 1. The van der Waals surface area contributed by atoms with Crippen LogP contribution in [-0.4, -0.2) is 10.5 Å². The van der Waals surface area contributed by atoms with Crippen LogP contribution in [0.4, 0.5) is 5.69 Å². The molecule has 1 aromatic heterocycles. The molecular weight excluding hydrogens is 288 g/mol. The van der Waals surface area contributed by atoms with Crippen molar-refractivity contribution in [2.24, 2.45) is 0 Å². The van der Waals surface area contributed by atoms with Gasteiger partial charge in [-0.1, -0.05) is 23.7 Å². The van der Waals surface area contributed by atoms with E-state index < -0.39 is 0 Å². The molecule has 1 heterocycles. The molecule has 108 valence electrons. The predicted octanol–water partition coefficient (Wildman–Crippen LogP) is 3.17. The minimum Gasteiger partial charge on any atom is -0.321 e. The Hall–Kier alpha value is -2.33. The zero-order valence-corrected chi connectivity index (χ0v) is 12.3. The highest BCUT2D eigenvalue weighted by Crippen LogP contribution is 2.12. The van der Waals surface area contributed by atoms with Crippen LogP contribution >= 0.6 is 11.6 Å². The van der Waals surface area contributed by atoms with Crippen LogP contribution in [0.2, 0.25) is 5.02 Å². The quantitative estimate of drug-likeness (QED) is 0.882. The normalized spacial score (nSPS) is 10.8. The molecule has 1 amide bonds. The summed E-state index contributed by atoms with van der Waals surface area (Å²) in [7, 11) is 0. The first-order chi connectivity index (χ1) is 10.1. The molecule has 5 heteroatoms. The van der Waals surface area contributed by atoms with Crippen molar-refractivity contribution in [3.8, 4) is 0 Å². The topological polar surface area (TPSA) is 51.1 Å². The van der Waals surface area contributed by atoms with E-state index in [4.69, 9.17) is 11.6 Å². The lowest BCUT2D eigenvalue weighted by Crippen LogP contribution is -2.19. The van der Waals surface area contributed by atoms with E-state index in [-0.39, 0.29) is 11.5 Å². The summed E-state index contributed by atoms with van der Waals surface area (Å²) in [6.45, 7) is 2.42. The molecule has 0 unspecified atom stereocenters. The number of anilines is 1. The van der Waals surface area contributed by atoms with Gasteiger partial charge >= 0.3 is 0 Å². The summed E-state index contributed by atoms with van der Waals surface area (Å²) in [6, 6.07) is 10.2. The van der Waals surface area contributed by atoms with E-state index >= 15 is 0 Å². The number of halogens is 1. The monoisotopic (exact) mass is 302 g/mol. The van der Waals surface area contributed by atoms with Gasteiger partial charge in [-0.05, 0) is 36.8 Å². The fraction of sp³-hybridized carbons (Fsp3) is 0.125. The molecule has 1 aromatic carbocycles. The lowest BCUT2D eigenvalue weighted by Gasteiger charge is -2.06. The van der Waals surface area contributed by atoms with Gasteiger partial charge in [-0.15, -0.1) is 0 Å². The Balaban J connectivity index is 2.06. The second-order valence-corrected chi connectivity index (χ2v) is 4.86. The van der Waals surface area contributed by atoms with Gasteiger partial charge in [0.25, 0.3) is 5.56 Å². The molecule has 2 rings (SSSR count). The van der Waals surface area contributed by atoms with Crippen molar-refractivity contribution in [3.05, 3.63) is 69.6 Å². The molecule has 0 saturated carbocycles. The molecule has 0 aliphatic carbocycles. The van der Waals surface area contributed by atoms with Crippen LogP contribution < -0.4 is 10.9 Å². The fourth-order valence-electron chi connectivity index (χ4n) is 1.82. The number of hydrogen-bond donors (Lipinski definition) is 1. The van der Waals surface area contributed by atoms with E-state index in [1.54, 1.807) is 30.5 Å². The van der Waals surface area contributed by atoms with Crippen molar-refractivity contribution >= 4 is 29.3 Å². The van der Waals surface area contributed by atoms with E-state index in [0.717, 1.165) is 5.56 Å². The van der Waals surface area contributed by atoms with Crippen molar-refractivity contribution in [2.75, 3.05) is 5.32 Å². The number of carbonyl (C=O) groups excluding carboxylic acids is 1.